The minimum atomic E-state index is -0.616. The van der Waals surface area contributed by atoms with Crippen LogP contribution in [0.2, 0.25) is 5.02 Å². The van der Waals surface area contributed by atoms with Crippen LogP contribution in [-0.2, 0) is 0 Å². The van der Waals surface area contributed by atoms with Gasteiger partial charge in [0.1, 0.15) is 27.2 Å². The molecule has 0 aliphatic carbocycles. The normalized spacial score (nSPS) is 10.4. The Hall–Kier alpha value is -6.03. The lowest BCUT2D eigenvalue weighted by molar-refractivity contribution is 0.0989. The molecule has 8 N–H and O–H groups in total. The number of benzene rings is 2. The standard InChI is InChI=1S/C17H15N5O2S.C16H11ClN4O2S/c1-9-2-4-11(15(19)23)12(6-9)21-16(24)13-8-25-17(22-13)10-3-5-14(18)20-7-10;17-10-5-9(6-19-7-10)16-21-13(8-24-16)15(23)20-12-4-2-1-3-11(12)14(18)22/h2-8H,1H3,(H2,18,20)(H2,19,23)(H,21,24);1-8H,(H2,18,22)(H,20,23). The third-order valence-electron chi connectivity index (χ3n) is 6.59. The minimum absolute atomic E-state index is 0.231. The molecular formula is C33H26ClN9O4S2. The molecule has 13 nitrogen and oxygen atoms in total. The van der Waals surface area contributed by atoms with E-state index >= 15 is 0 Å². The van der Waals surface area contributed by atoms with Gasteiger partial charge in [0, 0.05) is 40.5 Å². The van der Waals surface area contributed by atoms with Gasteiger partial charge in [-0.25, -0.2) is 15.0 Å². The first-order valence-electron chi connectivity index (χ1n) is 14.1. The average molecular weight is 712 g/mol. The number of rotatable bonds is 8. The number of aryl methyl sites for hydroxylation is 1. The van der Waals surface area contributed by atoms with Gasteiger partial charge in [-0.15, -0.1) is 22.7 Å². The van der Waals surface area contributed by atoms with E-state index in [-0.39, 0.29) is 22.5 Å². The molecule has 0 saturated carbocycles. The molecule has 0 radical (unpaired) electrons. The Balaban J connectivity index is 0.000000191. The van der Waals surface area contributed by atoms with Crippen LogP contribution in [0.4, 0.5) is 17.2 Å². The van der Waals surface area contributed by atoms with Crippen LogP contribution in [0.15, 0.2) is 90.0 Å². The Morgan fingerprint density at radius 1 is 0.714 bits per heavy atom. The lowest BCUT2D eigenvalue weighted by atomic mass is 10.1. The number of nitrogen functional groups attached to an aromatic ring is 1. The summed E-state index contributed by atoms with van der Waals surface area (Å²) in [5.41, 5.74) is 20.3. The number of aromatic nitrogens is 4. The van der Waals surface area contributed by atoms with E-state index in [0.717, 1.165) is 16.7 Å². The summed E-state index contributed by atoms with van der Waals surface area (Å²) in [7, 11) is 0. The van der Waals surface area contributed by atoms with E-state index in [9.17, 15) is 19.2 Å². The van der Waals surface area contributed by atoms with Gasteiger partial charge in [0.2, 0.25) is 0 Å². The maximum Gasteiger partial charge on any atom is 0.275 e. The Bertz CT molecular complexity index is 2190. The number of nitrogens with zero attached hydrogens (tertiary/aromatic N) is 4. The number of para-hydroxylation sites is 1. The van der Waals surface area contributed by atoms with Gasteiger partial charge in [0.25, 0.3) is 23.6 Å². The van der Waals surface area contributed by atoms with Gasteiger partial charge in [0.05, 0.1) is 27.5 Å². The highest BCUT2D eigenvalue weighted by Crippen LogP contribution is 2.27. The van der Waals surface area contributed by atoms with E-state index in [1.165, 1.54) is 28.9 Å². The maximum atomic E-state index is 12.4. The third-order valence-corrected chi connectivity index (χ3v) is 8.58. The van der Waals surface area contributed by atoms with Crippen molar-refractivity contribution in [2.45, 2.75) is 6.92 Å². The Labute approximate surface area is 292 Å². The van der Waals surface area contributed by atoms with Crippen molar-refractivity contribution in [2.24, 2.45) is 11.5 Å². The van der Waals surface area contributed by atoms with E-state index in [4.69, 9.17) is 28.8 Å². The highest BCUT2D eigenvalue weighted by molar-refractivity contribution is 7.13. The number of nitrogens with two attached hydrogens (primary N) is 3. The number of primary amides is 2. The summed E-state index contributed by atoms with van der Waals surface area (Å²) in [6.45, 7) is 1.86. The van der Waals surface area contributed by atoms with Crippen molar-refractivity contribution < 1.29 is 19.2 Å². The molecule has 4 heterocycles. The van der Waals surface area contributed by atoms with Gasteiger partial charge in [-0.1, -0.05) is 29.8 Å². The van der Waals surface area contributed by atoms with E-state index in [1.807, 2.05) is 6.92 Å². The maximum absolute atomic E-state index is 12.4. The molecule has 49 heavy (non-hydrogen) atoms. The Morgan fingerprint density at radius 3 is 1.94 bits per heavy atom. The molecular weight excluding hydrogens is 686 g/mol. The third kappa shape index (κ3) is 8.66. The fourth-order valence-electron chi connectivity index (χ4n) is 4.24. The second-order valence-electron chi connectivity index (χ2n) is 10.2. The molecule has 6 aromatic rings. The second-order valence-corrected chi connectivity index (χ2v) is 12.3. The SMILES string of the molecule is Cc1ccc(C(N)=O)c(NC(=O)c2csc(-c3ccc(N)nc3)n2)c1.NC(=O)c1ccccc1NC(=O)c1csc(-c2cncc(Cl)c2)n1. The topological polar surface area (TPSA) is 222 Å². The highest BCUT2D eigenvalue weighted by Gasteiger charge is 2.17. The molecule has 6 rings (SSSR count). The van der Waals surface area contributed by atoms with E-state index in [2.05, 4.69) is 30.6 Å². The van der Waals surface area contributed by atoms with Crippen molar-refractivity contribution in [3.63, 3.8) is 0 Å². The molecule has 0 bridgehead atoms. The molecule has 0 unspecified atom stereocenters. The van der Waals surface area contributed by atoms with Gasteiger partial charge in [-0.3, -0.25) is 24.2 Å². The predicted molar refractivity (Wildman–Crippen MR) is 191 cm³/mol. The summed E-state index contributed by atoms with van der Waals surface area (Å²) in [4.78, 5) is 64.3. The molecule has 4 aromatic heterocycles. The van der Waals surface area contributed by atoms with Gasteiger partial charge < -0.3 is 27.8 Å². The zero-order chi connectivity index (χ0) is 35.1. The molecule has 2 aromatic carbocycles. The van der Waals surface area contributed by atoms with Crippen LogP contribution in [0.25, 0.3) is 21.1 Å². The first-order valence-corrected chi connectivity index (χ1v) is 16.3. The first kappa shape index (κ1) is 34.3. The summed E-state index contributed by atoms with van der Waals surface area (Å²) < 4.78 is 0. The average Bonchev–Trinajstić information content (AvgIpc) is 3.77. The summed E-state index contributed by atoms with van der Waals surface area (Å²) in [6, 6.07) is 16.7. The van der Waals surface area contributed by atoms with Crippen molar-refractivity contribution in [1.82, 2.24) is 19.9 Å². The number of anilines is 3. The molecule has 0 fully saturated rings. The number of nitrogens with one attached hydrogen (secondary N) is 2. The number of thiazole rings is 2. The largest absolute Gasteiger partial charge is 0.384 e. The molecule has 0 spiro atoms. The van der Waals surface area contributed by atoms with Crippen molar-refractivity contribution in [1.29, 1.82) is 0 Å². The van der Waals surface area contributed by atoms with Crippen LogP contribution in [0.5, 0.6) is 0 Å². The summed E-state index contributed by atoms with van der Waals surface area (Å²) in [6.07, 6.45) is 4.74. The van der Waals surface area contributed by atoms with E-state index in [0.29, 0.717) is 32.2 Å². The molecule has 0 atom stereocenters. The first-order chi connectivity index (χ1) is 23.5. The van der Waals surface area contributed by atoms with Crippen LogP contribution < -0.4 is 27.8 Å². The monoisotopic (exact) mass is 711 g/mol. The number of halogens is 1. The van der Waals surface area contributed by atoms with Gasteiger partial charge in [0.15, 0.2) is 0 Å². The van der Waals surface area contributed by atoms with Gasteiger partial charge >= 0.3 is 0 Å². The van der Waals surface area contributed by atoms with Crippen molar-refractivity contribution in [2.75, 3.05) is 16.4 Å². The summed E-state index contributed by atoms with van der Waals surface area (Å²) >= 11 is 8.52. The zero-order valence-corrected chi connectivity index (χ0v) is 27.9. The number of carbonyl (C=O) groups excluding carboxylic acids is 4. The fourth-order valence-corrected chi connectivity index (χ4v) is 5.98. The van der Waals surface area contributed by atoms with Gasteiger partial charge in [-0.2, -0.15) is 0 Å². The zero-order valence-electron chi connectivity index (χ0n) is 25.5. The number of carbonyl (C=O) groups is 4. The summed E-state index contributed by atoms with van der Waals surface area (Å²) in [5, 5.41) is 10.4. The van der Waals surface area contributed by atoms with Crippen LogP contribution >= 0.6 is 34.3 Å². The number of hydrogen-bond acceptors (Lipinski definition) is 11. The van der Waals surface area contributed by atoms with Gasteiger partial charge in [-0.05, 0) is 55.0 Å². The van der Waals surface area contributed by atoms with Crippen molar-refractivity contribution in [3.8, 4) is 21.1 Å². The smallest absolute Gasteiger partial charge is 0.275 e. The summed E-state index contributed by atoms with van der Waals surface area (Å²) in [5.74, 6) is -1.66. The number of amides is 4. The number of pyridine rings is 2. The highest BCUT2D eigenvalue weighted by atomic mass is 35.5. The van der Waals surface area contributed by atoms with E-state index < -0.39 is 23.6 Å². The minimum Gasteiger partial charge on any atom is -0.384 e. The lowest BCUT2D eigenvalue weighted by Gasteiger charge is -2.08. The van der Waals surface area contributed by atoms with Crippen LogP contribution in [-0.4, -0.2) is 43.6 Å². The second kappa shape index (κ2) is 15.2. The Morgan fingerprint density at radius 2 is 1.33 bits per heavy atom. The van der Waals surface area contributed by atoms with Crippen LogP contribution in [0.3, 0.4) is 0 Å². The Kier molecular flexibility index (Phi) is 10.7. The quantitative estimate of drug-likeness (QED) is 0.131. The lowest BCUT2D eigenvalue weighted by Crippen LogP contribution is -2.18. The van der Waals surface area contributed by atoms with Crippen LogP contribution in [0.1, 0.15) is 47.3 Å². The molecule has 246 valence electrons. The molecule has 0 aliphatic rings. The molecule has 0 aliphatic heterocycles. The predicted octanol–water partition coefficient (Wildman–Crippen LogP) is 5.66. The van der Waals surface area contributed by atoms with Crippen molar-refractivity contribution in [3.05, 3.63) is 123 Å². The van der Waals surface area contributed by atoms with Crippen LogP contribution in [0, 0.1) is 6.92 Å². The fraction of sp³-hybridized carbons (Fsp3) is 0.0303. The molecule has 4 amide bonds. The van der Waals surface area contributed by atoms with Crippen molar-refractivity contribution >= 4 is 75.1 Å². The molecule has 0 saturated heterocycles. The molecule has 16 heteroatoms. The number of hydrogen-bond donors (Lipinski definition) is 5. The van der Waals surface area contributed by atoms with E-state index in [1.54, 1.807) is 83.8 Å².